The number of piperazine rings is 1. The molecule has 0 bridgehead atoms. The maximum Gasteiger partial charge on any atom is 0.154 e. The first-order valence-electron chi connectivity index (χ1n) is 12.8. The van der Waals surface area contributed by atoms with Crippen molar-refractivity contribution >= 4 is 17.2 Å². The largest absolute Gasteiger partial charge is 0.490 e. The molecule has 0 saturated carbocycles. The molecule has 8 heteroatoms. The van der Waals surface area contributed by atoms with Crippen LogP contribution in [0.15, 0.2) is 66.9 Å². The maximum absolute atomic E-state index is 6.30. The highest BCUT2D eigenvalue weighted by Crippen LogP contribution is 2.26. The number of imidazole rings is 1. The standard InChI is InChI=1S/C28H32N6O2/c1-2-4-26(36-24-11-17-35-18-12-24)22(3-1)19-30-27-9-10-28-31-20-25(34(28)32-27)21-5-7-23(8-6-21)33-15-13-29-14-16-33/h1-10,20,24,29H,11-19H2,(H,30,32). The number of hydrogen-bond donors (Lipinski definition) is 2. The quantitative estimate of drug-likeness (QED) is 0.411. The van der Waals surface area contributed by atoms with Crippen LogP contribution in [0.2, 0.25) is 0 Å². The van der Waals surface area contributed by atoms with E-state index in [1.807, 2.05) is 41.0 Å². The number of nitrogens with zero attached hydrogens (tertiary/aromatic N) is 4. The predicted octanol–water partition coefficient (Wildman–Crippen LogP) is 3.98. The Morgan fingerprint density at radius 3 is 2.61 bits per heavy atom. The molecule has 2 aromatic heterocycles. The summed E-state index contributed by atoms with van der Waals surface area (Å²) in [5.74, 6) is 1.71. The summed E-state index contributed by atoms with van der Waals surface area (Å²) in [5, 5.41) is 11.7. The third kappa shape index (κ3) is 5.01. The summed E-state index contributed by atoms with van der Waals surface area (Å²) in [7, 11) is 0. The molecule has 0 aliphatic carbocycles. The average Bonchev–Trinajstić information content (AvgIpc) is 3.37. The first-order chi connectivity index (χ1) is 17.8. The number of hydrogen-bond acceptors (Lipinski definition) is 7. The molecule has 2 saturated heterocycles. The lowest BCUT2D eigenvalue weighted by Crippen LogP contribution is -2.43. The highest BCUT2D eigenvalue weighted by molar-refractivity contribution is 5.66. The Morgan fingerprint density at radius 2 is 1.78 bits per heavy atom. The molecule has 6 rings (SSSR count). The number of para-hydroxylation sites is 1. The molecular formula is C28H32N6O2. The van der Waals surface area contributed by atoms with Crippen LogP contribution in [0.3, 0.4) is 0 Å². The molecule has 0 spiro atoms. The van der Waals surface area contributed by atoms with Crippen molar-refractivity contribution in [2.45, 2.75) is 25.5 Å². The van der Waals surface area contributed by atoms with Crippen LogP contribution < -0.4 is 20.3 Å². The zero-order chi connectivity index (χ0) is 24.2. The van der Waals surface area contributed by atoms with E-state index in [1.165, 1.54) is 5.69 Å². The van der Waals surface area contributed by atoms with Gasteiger partial charge in [0.2, 0.25) is 0 Å². The fourth-order valence-electron chi connectivity index (χ4n) is 4.85. The fraction of sp³-hybridized carbons (Fsp3) is 0.357. The Labute approximate surface area is 211 Å². The van der Waals surface area contributed by atoms with E-state index in [2.05, 4.69) is 50.8 Å². The molecule has 0 radical (unpaired) electrons. The molecule has 2 aliphatic rings. The SMILES string of the molecule is c1ccc(OC2CCOCC2)c(CNc2ccc3ncc(-c4ccc(N5CCNCC5)cc4)n3n2)c1. The highest BCUT2D eigenvalue weighted by atomic mass is 16.5. The molecule has 0 atom stereocenters. The molecule has 36 heavy (non-hydrogen) atoms. The fourth-order valence-corrected chi connectivity index (χ4v) is 4.85. The van der Waals surface area contributed by atoms with Crippen molar-refractivity contribution in [2.75, 3.05) is 49.6 Å². The second-order valence-corrected chi connectivity index (χ2v) is 9.31. The highest BCUT2D eigenvalue weighted by Gasteiger charge is 2.17. The van der Waals surface area contributed by atoms with Crippen LogP contribution in [-0.2, 0) is 11.3 Å². The minimum absolute atomic E-state index is 0.209. The van der Waals surface area contributed by atoms with Gasteiger partial charge in [-0.25, -0.2) is 9.50 Å². The van der Waals surface area contributed by atoms with Crippen molar-refractivity contribution in [2.24, 2.45) is 0 Å². The number of aromatic nitrogens is 3. The molecular weight excluding hydrogens is 452 g/mol. The van der Waals surface area contributed by atoms with E-state index < -0.39 is 0 Å². The number of rotatable bonds is 7. The first-order valence-corrected chi connectivity index (χ1v) is 12.8. The van der Waals surface area contributed by atoms with E-state index in [1.54, 1.807) is 0 Å². The van der Waals surface area contributed by atoms with E-state index >= 15 is 0 Å². The Kier molecular flexibility index (Phi) is 6.69. The Hall–Kier alpha value is -3.62. The summed E-state index contributed by atoms with van der Waals surface area (Å²) in [5.41, 5.74) is 5.27. The van der Waals surface area contributed by atoms with E-state index in [9.17, 15) is 0 Å². The summed E-state index contributed by atoms with van der Waals surface area (Å²) in [4.78, 5) is 6.98. The second kappa shape index (κ2) is 10.6. The molecule has 2 fully saturated rings. The van der Waals surface area contributed by atoms with Gasteiger partial charge < -0.3 is 25.0 Å². The lowest BCUT2D eigenvalue weighted by Gasteiger charge is -2.29. The maximum atomic E-state index is 6.30. The minimum atomic E-state index is 0.209. The molecule has 4 heterocycles. The van der Waals surface area contributed by atoms with Crippen molar-refractivity contribution in [1.82, 2.24) is 19.9 Å². The van der Waals surface area contributed by atoms with Crippen molar-refractivity contribution in [3.63, 3.8) is 0 Å². The normalized spacial score (nSPS) is 16.8. The molecule has 186 valence electrons. The molecule has 2 aliphatic heterocycles. The van der Waals surface area contributed by atoms with Gasteiger partial charge in [-0.05, 0) is 30.3 Å². The first kappa shape index (κ1) is 22.8. The number of nitrogens with one attached hydrogen (secondary N) is 2. The van der Waals surface area contributed by atoms with Gasteiger partial charge in [0, 0.05) is 62.4 Å². The van der Waals surface area contributed by atoms with Gasteiger partial charge >= 0.3 is 0 Å². The lowest BCUT2D eigenvalue weighted by molar-refractivity contribution is 0.0252. The topological polar surface area (TPSA) is 76.0 Å². The number of benzene rings is 2. The summed E-state index contributed by atoms with van der Waals surface area (Å²) < 4.78 is 13.7. The van der Waals surface area contributed by atoms with Gasteiger partial charge in [0.05, 0.1) is 25.1 Å². The minimum Gasteiger partial charge on any atom is -0.490 e. The number of fused-ring (bicyclic) bond motifs is 1. The van der Waals surface area contributed by atoms with Crippen LogP contribution in [0.1, 0.15) is 18.4 Å². The summed E-state index contributed by atoms with van der Waals surface area (Å²) >= 11 is 0. The van der Waals surface area contributed by atoms with Crippen molar-refractivity contribution in [3.05, 3.63) is 72.4 Å². The number of ether oxygens (including phenoxy) is 2. The van der Waals surface area contributed by atoms with E-state index in [4.69, 9.17) is 14.6 Å². The van der Waals surface area contributed by atoms with E-state index in [-0.39, 0.29) is 6.10 Å². The molecule has 8 nitrogen and oxygen atoms in total. The Balaban J connectivity index is 1.18. The van der Waals surface area contributed by atoms with Crippen LogP contribution in [0.4, 0.5) is 11.5 Å². The van der Waals surface area contributed by atoms with Gasteiger partial charge in [-0.2, -0.15) is 0 Å². The van der Waals surface area contributed by atoms with Gasteiger partial charge in [0.25, 0.3) is 0 Å². The van der Waals surface area contributed by atoms with Crippen molar-refractivity contribution < 1.29 is 9.47 Å². The molecule has 2 aromatic carbocycles. The van der Waals surface area contributed by atoms with Crippen molar-refractivity contribution in [1.29, 1.82) is 0 Å². The average molecular weight is 485 g/mol. The van der Waals surface area contributed by atoms with Crippen LogP contribution >= 0.6 is 0 Å². The smallest absolute Gasteiger partial charge is 0.154 e. The van der Waals surface area contributed by atoms with Crippen LogP contribution in [-0.4, -0.2) is 60.1 Å². The van der Waals surface area contributed by atoms with Gasteiger partial charge in [-0.15, -0.1) is 5.10 Å². The summed E-state index contributed by atoms with van der Waals surface area (Å²) in [6, 6.07) is 20.9. The number of anilines is 2. The van der Waals surface area contributed by atoms with Crippen LogP contribution in [0, 0.1) is 0 Å². The zero-order valence-electron chi connectivity index (χ0n) is 20.4. The monoisotopic (exact) mass is 484 g/mol. The van der Waals surface area contributed by atoms with Crippen molar-refractivity contribution in [3.8, 4) is 17.0 Å². The Bertz CT molecular complexity index is 1290. The zero-order valence-corrected chi connectivity index (χ0v) is 20.4. The van der Waals surface area contributed by atoms with Gasteiger partial charge in [-0.1, -0.05) is 30.3 Å². The van der Waals surface area contributed by atoms with Gasteiger partial charge in [0.15, 0.2) is 5.65 Å². The Morgan fingerprint density at radius 1 is 0.972 bits per heavy atom. The molecule has 0 unspecified atom stereocenters. The van der Waals surface area contributed by atoms with Crippen LogP contribution in [0.5, 0.6) is 5.75 Å². The van der Waals surface area contributed by atoms with Crippen LogP contribution in [0.25, 0.3) is 16.9 Å². The molecule has 4 aromatic rings. The third-order valence-electron chi connectivity index (χ3n) is 6.90. The predicted molar refractivity (Wildman–Crippen MR) is 142 cm³/mol. The molecule has 0 amide bonds. The van der Waals surface area contributed by atoms with E-state index in [0.29, 0.717) is 6.54 Å². The third-order valence-corrected chi connectivity index (χ3v) is 6.90. The van der Waals surface area contributed by atoms with Gasteiger partial charge in [0.1, 0.15) is 17.7 Å². The summed E-state index contributed by atoms with van der Waals surface area (Å²) in [6.45, 7) is 6.29. The summed E-state index contributed by atoms with van der Waals surface area (Å²) in [6.07, 6.45) is 3.96. The molecule has 2 N–H and O–H groups in total. The second-order valence-electron chi connectivity index (χ2n) is 9.31. The van der Waals surface area contributed by atoms with E-state index in [0.717, 1.165) is 86.3 Å². The lowest BCUT2D eigenvalue weighted by atomic mass is 10.1. The van der Waals surface area contributed by atoms with Gasteiger partial charge in [-0.3, -0.25) is 0 Å².